The fourth-order valence-corrected chi connectivity index (χ4v) is 2.15. The molecule has 0 aliphatic carbocycles. The highest BCUT2D eigenvalue weighted by Crippen LogP contribution is 2.35. The van der Waals surface area contributed by atoms with E-state index in [-0.39, 0.29) is 0 Å². The van der Waals surface area contributed by atoms with Crippen LogP contribution in [-0.2, 0) is 6.54 Å². The van der Waals surface area contributed by atoms with Crippen LogP contribution in [0.25, 0.3) is 10.8 Å². The highest BCUT2D eigenvalue weighted by Gasteiger charge is 2.14. The molecule has 0 fully saturated rings. The monoisotopic (exact) mass is 244 g/mol. The van der Waals surface area contributed by atoms with Crippen LogP contribution in [0.4, 0.5) is 0 Å². The molecule has 94 valence electrons. The van der Waals surface area contributed by atoms with Gasteiger partial charge in [0.1, 0.15) is 13.2 Å². The molecule has 0 atom stereocenters. The molecule has 2 heterocycles. The zero-order chi connectivity index (χ0) is 12.4. The summed E-state index contributed by atoms with van der Waals surface area (Å²) in [7, 11) is 0. The Hall–Kier alpha value is -1.81. The smallest absolute Gasteiger partial charge is 0.162 e. The van der Waals surface area contributed by atoms with Gasteiger partial charge in [0.05, 0.1) is 5.69 Å². The Morgan fingerprint density at radius 3 is 2.78 bits per heavy atom. The van der Waals surface area contributed by atoms with Gasteiger partial charge in [0.15, 0.2) is 11.5 Å². The molecule has 18 heavy (non-hydrogen) atoms. The minimum Gasteiger partial charge on any atom is -0.486 e. The molecule has 1 aromatic carbocycles. The topological polar surface area (TPSA) is 43.4 Å². The van der Waals surface area contributed by atoms with Crippen molar-refractivity contribution >= 4 is 10.8 Å². The van der Waals surface area contributed by atoms with Gasteiger partial charge in [0.25, 0.3) is 0 Å². The first-order chi connectivity index (χ1) is 8.88. The molecule has 1 aliphatic rings. The Labute approximate surface area is 106 Å². The molecule has 0 amide bonds. The van der Waals surface area contributed by atoms with Gasteiger partial charge in [0, 0.05) is 18.1 Å². The van der Waals surface area contributed by atoms with Crippen LogP contribution in [0.1, 0.15) is 12.6 Å². The molecular formula is C14H16N2O2. The van der Waals surface area contributed by atoms with E-state index in [0.29, 0.717) is 13.2 Å². The molecule has 2 aromatic rings. The number of benzene rings is 1. The summed E-state index contributed by atoms with van der Waals surface area (Å²) in [4.78, 5) is 4.43. The fourth-order valence-electron chi connectivity index (χ4n) is 2.15. The molecule has 0 saturated heterocycles. The SMILES string of the molecule is CCNCc1nccc2cc3c(cc12)OCCO3. The third-order valence-electron chi connectivity index (χ3n) is 3.05. The van der Waals surface area contributed by atoms with Crippen LogP contribution in [0.2, 0.25) is 0 Å². The minimum atomic E-state index is 0.612. The van der Waals surface area contributed by atoms with Crippen molar-refractivity contribution in [3.8, 4) is 11.5 Å². The second kappa shape index (κ2) is 4.82. The molecule has 1 aromatic heterocycles. The second-order valence-electron chi connectivity index (χ2n) is 4.25. The standard InChI is InChI=1S/C14H16N2O2/c1-2-15-9-12-11-8-14-13(17-5-6-18-14)7-10(11)3-4-16-12/h3-4,7-8,15H,2,5-6,9H2,1H3. The first-order valence-electron chi connectivity index (χ1n) is 6.26. The molecule has 1 aliphatic heterocycles. The van der Waals surface area contributed by atoms with Gasteiger partial charge in [-0.25, -0.2) is 0 Å². The summed E-state index contributed by atoms with van der Waals surface area (Å²) in [6.07, 6.45) is 1.84. The lowest BCUT2D eigenvalue weighted by Crippen LogP contribution is -2.16. The molecular weight excluding hydrogens is 228 g/mol. The molecule has 0 spiro atoms. The van der Waals surface area contributed by atoms with Gasteiger partial charge < -0.3 is 14.8 Å². The summed E-state index contributed by atoms with van der Waals surface area (Å²) in [6.45, 7) is 5.02. The van der Waals surface area contributed by atoms with E-state index in [4.69, 9.17) is 9.47 Å². The third kappa shape index (κ3) is 1.99. The number of hydrogen-bond donors (Lipinski definition) is 1. The largest absolute Gasteiger partial charge is 0.486 e. The average molecular weight is 244 g/mol. The number of ether oxygens (including phenoxy) is 2. The quantitative estimate of drug-likeness (QED) is 0.898. The Morgan fingerprint density at radius 2 is 2.00 bits per heavy atom. The van der Waals surface area contributed by atoms with E-state index in [1.54, 1.807) is 0 Å². The van der Waals surface area contributed by atoms with Crippen LogP contribution in [0.3, 0.4) is 0 Å². The zero-order valence-corrected chi connectivity index (χ0v) is 10.4. The maximum atomic E-state index is 5.62. The number of hydrogen-bond acceptors (Lipinski definition) is 4. The van der Waals surface area contributed by atoms with Gasteiger partial charge in [-0.15, -0.1) is 0 Å². The molecule has 1 N–H and O–H groups in total. The third-order valence-corrected chi connectivity index (χ3v) is 3.05. The van der Waals surface area contributed by atoms with Gasteiger partial charge in [0.2, 0.25) is 0 Å². The van der Waals surface area contributed by atoms with Crippen molar-refractivity contribution in [2.75, 3.05) is 19.8 Å². The minimum absolute atomic E-state index is 0.612. The van der Waals surface area contributed by atoms with Crippen LogP contribution in [-0.4, -0.2) is 24.7 Å². The normalized spacial score (nSPS) is 13.8. The highest BCUT2D eigenvalue weighted by atomic mass is 16.6. The Kier molecular flexibility index (Phi) is 3.02. The first kappa shape index (κ1) is 11.3. The van der Waals surface area contributed by atoms with E-state index in [2.05, 4.69) is 17.2 Å². The van der Waals surface area contributed by atoms with Crippen molar-refractivity contribution in [1.82, 2.24) is 10.3 Å². The predicted molar refractivity (Wildman–Crippen MR) is 70.1 cm³/mol. The van der Waals surface area contributed by atoms with Crippen LogP contribution in [0.5, 0.6) is 11.5 Å². The van der Waals surface area contributed by atoms with Gasteiger partial charge in [-0.1, -0.05) is 6.92 Å². The molecule has 0 radical (unpaired) electrons. The van der Waals surface area contributed by atoms with E-state index in [0.717, 1.165) is 41.1 Å². The van der Waals surface area contributed by atoms with Gasteiger partial charge in [-0.3, -0.25) is 4.98 Å². The highest BCUT2D eigenvalue weighted by molar-refractivity contribution is 5.87. The second-order valence-corrected chi connectivity index (χ2v) is 4.25. The Bertz CT molecular complexity index is 569. The maximum Gasteiger partial charge on any atom is 0.162 e. The number of pyridine rings is 1. The average Bonchev–Trinajstić information content (AvgIpc) is 2.43. The summed E-state index contributed by atoms with van der Waals surface area (Å²) in [5.41, 5.74) is 1.05. The number of fused-ring (bicyclic) bond motifs is 2. The summed E-state index contributed by atoms with van der Waals surface area (Å²) >= 11 is 0. The Balaban J connectivity index is 2.09. The van der Waals surface area contributed by atoms with Crippen molar-refractivity contribution in [2.24, 2.45) is 0 Å². The van der Waals surface area contributed by atoms with Crippen molar-refractivity contribution in [3.63, 3.8) is 0 Å². The summed E-state index contributed by atoms with van der Waals surface area (Å²) in [5.74, 6) is 1.65. The fraction of sp³-hybridized carbons (Fsp3) is 0.357. The van der Waals surface area contributed by atoms with Gasteiger partial charge >= 0.3 is 0 Å². The number of rotatable bonds is 3. The molecule has 0 bridgehead atoms. The molecule has 0 saturated carbocycles. The summed E-state index contributed by atoms with van der Waals surface area (Å²) in [6, 6.07) is 6.06. The van der Waals surface area contributed by atoms with Crippen molar-refractivity contribution in [2.45, 2.75) is 13.5 Å². The number of nitrogens with one attached hydrogen (secondary N) is 1. The molecule has 4 nitrogen and oxygen atoms in total. The van der Waals surface area contributed by atoms with Crippen LogP contribution in [0.15, 0.2) is 24.4 Å². The van der Waals surface area contributed by atoms with E-state index >= 15 is 0 Å². The van der Waals surface area contributed by atoms with Gasteiger partial charge in [-0.2, -0.15) is 0 Å². The van der Waals surface area contributed by atoms with Crippen molar-refractivity contribution in [1.29, 1.82) is 0 Å². The summed E-state index contributed by atoms with van der Waals surface area (Å²) < 4.78 is 11.2. The van der Waals surface area contributed by atoms with Crippen LogP contribution in [0, 0.1) is 0 Å². The molecule has 3 rings (SSSR count). The lowest BCUT2D eigenvalue weighted by molar-refractivity contribution is 0.172. The number of nitrogens with zero attached hydrogens (tertiary/aromatic N) is 1. The van der Waals surface area contributed by atoms with Crippen molar-refractivity contribution in [3.05, 3.63) is 30.1 Å². The lowest BCUT2D eigenvalue weighted by Gasteiger charge is -2.19. The number of aromatic nitrogens is 1. The molecule has 0 unspecified atom stereocenters. The van der Waals surface area contributed by atoms with Crippen LogP contribution >= 0.6 is 0 Å². The maximum absolute atomic E-state index is 5.62. The Morgan fingerprint density at radius 1 is 1.22 bits per heavy atom. The molecule has 4 heteroatoms. The van der Waals surface area contributed by atoms with Gasteiger partial charge in [-0.05, 0) is 30.1 Å². The zero-order valence-electron chi connectivity index (χ0n) is 10.4. The predicted octanol–water partition coefficient (Wildman–Crippen LogP) is 2.12. The van der Waals surface area contributed by atoms with E-state index < -0.39 is 0 Å². The van der Waals surface area contributed by atoms with E-state index in [9.17, 15) is 0 Å². The van der Waals surface area contributed by atoms with Crippen molar-refractivity contribution < 1.29 is 9.47 Å². The summed E-state index contributed by atoms with van der Waals surface area (Å²) in [5, 5.41) is 5.57. The van der Waals surface area contributed by atoms with Crippen LogP contribution < -0.4 is 14.8 Å². The van der Waals surface area contributed by atoms with E-state index in [1.807, 2.05) is 24.4 Å². The van der Waals surface area contributed by atoms with E-state index in [1.165, 1.54) is 0 Å². The lowest BCUT2D eigenvalue weighted by atomic mass is 10.1. The first-order valence-corrected chi connectivity index (χ1v) is 6.26.